The van der Waals surface area contributed by atoms with Crippen LogP contribution in [0.15, 0.2) is 59.9 Å². The van der Waals surface area contributed by atoms with Crippen molar-refractivity contribution >= 4 is 28.0 Å². The van der Waals surface area contributed by atoms with Crippen LogP contribution in [0, 0.1) is 0 Å². The number of benzene rings is 1. The molecule has 36 heavy (non-hydrogen) atoms. The fourth-order valence-corrected chi connectivity index (χ4v) is 5.17. The zero-order valence-electron chi connectivity index (χ0n) is 20.0. The fourth-order valence-electron chi connectivity index (χ4n) is 5.17. The third-order valence-corrected chi connectivity index (χ3v) is 7.05. The van der Waals surface area contributed by atoms with E-state index in [9.17, 15) is 14.7 Å². The molecule has 1 atom stereocenters. The Morgan fingerprint density at radius 3 is 2.58 bits per heavy atom. The van der Waals surface area contributed by atoms with Crippen LogP contribution in [-0.4, -0.2) is 58.1 Å². The third kappa shape index (κ3) is 3.53. The lowest BCUT2D eigenvalue weighted by Gasteiger charge is -2.31. The molecule has 0 aliphatic carbocycles. The van der Waals surface area contributed by atoms with Crippen molar-refractivity contribution in [2.24, 2.45) is 14.1 Å². The number of hydrogen-bond acceptors (Lipinski definition) is 5. The smallest absolute Gasteiger partial charge is 0.407 e. The first-order valence-electron chi connectivity index (χ1n) is 11.8. The number of nitrogens with zero attached hydrogens (tertiary/aromatic N) is 7. The molecule has 0 saturated carbocycles. The van der Waals surface area contributed by atoms with Crippen LogP contribution in [-0.2, 0) is 14.1 Å². The van der Waals surface area contributed by atoms with E-state index in [1.165, 1.54) is 4.90 Å². The van der Waals surface area contributed by atoms with Gasteiger partial charge in [-0.2, -0.15) is 5.10 Å². The Morgan fingerprint density at radius 2 is 1.86 bits per heavy atom. The second-order valence-corrected chi connectivity index (χ2v) is 9.30. The average Bonchev–Trinajstić information content (AvgIpc) is 3.45. The minimum atomic E-state index is -0.955. The highest BCUT2D eigenvalue weighted by atomic mass is 16.4. The second kappa shape index (κ2) is 8.33. The van der Waals surface area contributed by atoms with E-state index in [0.717, 1.165) is 50.7 Å². The molecule has 4 aromatic heterocycles. The molecule has 1 saturated heterocycles. The Kier molecular flexibility index (Phi) is 5.10. The molecule has 0 bridgehead atoms. The standard InChI is InChI=1S/C26H25N7O3/c1-30-14-18(12-29-30)21-7-6-17(11-27-21)16-5-8-22-20(10-16)24-23(13-28-22)31(2)25(34)33(24)19-4-3-9-32(15-19)26(35)36/h5-8,10-14,19H,3-4,9,15H2,1-2H3,(H,35,36)/t19-/m1/s1. The number of carboxylic acid groups (broad SMARTS) is 1. The van der Waals surface area contributed by atoms with Gasteiger partial charge >= 0.3 is 11.8 Å². The first-order valence-corrected chi connectivity index (χ1v) is 11.8. The second-order valence-electron chi connectivity index (χ2n) is 9.30. The van der Waals surface area contributed by atoms with Gasteiger partial charge in [0.25, 0.3) is 0 Å². The summed E-state index contributed by atoms with van der Waals surface area (Å²) in [6.07, 6.45) is 7.76. The molecule has 0 radical (unpaired) electrons. The number of likely N-dealkylation sites (tertiary alicyclic amines) is 1. The summed E-state index contributed by atoms with van der Waals surface area (Å²) in [4.78, 5) is 35.6. The summed E-state index contributed by atoms with van der Waals surface area (Å²) in [5, 5.41) is 14.6. The Morgan fingerprint density at radius 1 is 1.03 bits per heavy atom. The van der Waals surface area contributed by atoms with Crippen molar-refractivity contribution in [3.63, 3.8) is 0 Å². The monoisotopic (exact) mass is 483 g/mol. The SMILES string of the molecule is Cn1cc(-c2ccc(-c3ccc4ncc5c(c4c3)n([C@@H]3CCCN(C(=O)O)C3)c(=O)n5C)cn2)cn1. The number of fused-ring (bicyclic) bond motifs is 3. The fraction of sp³-hybridized carbons (Fsp3) is 0.269. The van der Waals surface area contributed by atoms with E-state index in [4.69, 9.17) is 0 Å². The van der Waals surface area contributed by atoms with Gasteiger partial charge < -0.3 is 10.0 Å². The van der Waals surface area contributed by atoms with E-state index < -0.39 is 6.09 Å². The summed E-state index contributed by atoms with van der Waals surface area (Å²) in [6.45, 7) is 0.775. The predicted molar refractivity (Wildman–Crippen MR) is 136 cm³/mol. The lowest BCUT2D eigenvalue weighted by Crippen LogP contribution is -2.42. The van der Waals surface area contributed by atoms with Crippen molar-refractivity contribution in [3.8, 4) is 22.4 Å². The van der Waals surface area contributed by atoms with Crippen LogP contribution in [0.5, 0.6) is 0 Å². The highest BCUT2D eigenvalue weighted by molar-refractivity contribution is 6.04. The maximum absolute atomic E-state index is 13.4. The molecule has 182 valence electrons. The van der Waals surface area contributed by atoms with Crippen LogP contribution < -0.4 is 5.69 Å². The molecule has 10 heteroatoms. The number of pyridine rings is 2. The number of rotatable bonds is 3. The van der Waals surface area contributed by atoms with E-state index in [2.05, 4.69) is 15.1 Å². The summed E-state index contributed by atoms with van der Waals surface area (Å²) in [5.74, 6) is 0. The van der Waals surface area contributed by atoms with Gasteiger partial charge in [-0.25, -0.2) is 9.59 Å². The molecule has 1 aromatic carbocycles. The molecule has 1 fully saturated rings. The van der Waals surface area contributed by atoms with Crippen molar-refractivity contribution in [2.75, 3.05) is 13.1 Å². The Bertz CT molecular complexity index is 1680. The highest BCUT2D eigenvalue weighted by Crippen LogP contribution is 2.32. The highest BCUT2D eigenvalue weighted by Gasteiger charge is 2.28. The van der Waals surface area contributed by atoms with Crippen molar-refractivity contribution in [2.45, 2.75) is 18.9 Å². The number of piperidine rings is 1. The Balaban J connectivity index is 1.48. The number of hydrogen-bond donors (Lipinski definition) is 1. The molecule has 1 amide bonds. The van der Waals surface area contributed by atoms with Crippen molar-refractivity contribution in [1.82, 2.24) is 33.8 Å². The van der Waals surface area contributed by atoms with Crippen LogP contribution in [0.4, 0.5) is 4.79 Å². The summed E-state index contributed by atoms with van der Waals surface area (Å²) in [5.41, 5.74) is 5.81. The van der Waals surface area contributed by atoms with Crippen LogP contribution in [0.1, 0.15) is 18.9 Å². The number of aromatic nitrogens is 6. The van der Waals surface area contributed by atoms with E-state index >= 15 is 0 Å². The number of amides is 1. The van der Waals surface area contributed by atoms with E-state index in [1.54, 1.807) is 33.3 Å². The summed E-state index contributed by atoms with van der Waals surface area (Å²) >= 11 is 0. The predicted octanol–water partition coefficient (Wildman–Crippen LogP) is 3.67. The third-order valence-electron chi connectivity index (χ3n) is 7.05. The average molecular weight is 484 g/mol. The van der Waals surface area contributed by atoms with Gasteiger partial charge in [-0.1, -0.05) is 12.1 Å². The first kappa shape index (κ1) is 22.0. The van der Waals surface area contributed by atoms with Crippen molar-refractivity contribution < 1.29 is 9.90 Å². The van der Waals surface area contributed by atoms with Crippen LogP contribution in [0.3, 0.4) is 0 Å². The minimum Gasteiger partial charge on any atom is -0.465 e. The van der Waals surface area contributed by atoms with E-state index in [1.807, 2.05) is 49.8 Å². The van der Waals surface area contributed by atoms with E-state index in [-0.39, 0.29) is 18.3 Å². The van der Waals surface area contributed by atoms with Crippen LogP contribution in [0.2, 0.25) is 0 Å². The molecular formula is C26H25N7O3. The van der Waals surface area contributed by atoms with Gasteiger partial charge in [-0.3, -0.25) is 23.8 Å². The topological polar surface area (TPSA) is 111 Å². The van der Waals surface area contributed by atoms with Gasteiger partial charge in [0.15, 0.2) is 0 Å². The molecule has 10 nitrogen and oxygen atoms in total. The quantitative estimate of drug-likeness (QED) is 0.419. The number of aryl methyl sites for hydroxylation is 2. The maximum Gasteiger partial charge on any atom is 0.407 e. The largest absolute Gasteiger partial charge is 0.465 e. The van der Waals surface area contributed by atoms with Crippen LogP contribution >= 0.6 is 0 Å². The zero-order chi connectivity index (χ0) is 25.0. The van der Waals surface area contributed by atoms with E-state index in [0.29, 0.717) is 13.0 Å². The summed E-state index contributed by atoms with van der Waals surface area (Å²) in [6, 6.07) is 9.75. The van der Waals surface area contributed by atoms with Gasteiger partial charge in [0.2, 0.25) is 0 Å². The van der Waals surface area contributed by atoms with Crippen molar-refractivity contribution in [3.05, 3.63) is 65.6 Å². The van der Waals surface area contributed by atoms with Crippen molar-refractivity contribution in [1.29, 1.82) is 0 Å². The molecule has 6 rings (SSSR count). The first-order chi connectivity index (χ1) is 17.4. The van der Waals surface area contributed by atoms with Gasteiger partial charge in [0, 0.05) is 56.1 Å². The molecule has 0 spiro atoms. The van der Waals surface area contributed by atoms with Gasteiger partial charge in [0.05, 0.1) is 40.7 Å². The molecule has 0 unspecified atom stereocenters. The molecule has 5 heterocycles. The summed E-state index contributed by atoms with van der Waals surface area (Å²) in [7, 11) is 3.61. The lowest BCUT2D eigenvalue weighted by molar-refractivity contribution is 0.121. The molecule has 5 aromatic rings. The maximum atomic E-state index is 13.4. The molecule has 1 aliphatic heterocycles. The number of imidazole rings is 1. The van der Waals surface area contributed by atoms with Gasteiger partial charge in [-0.15, -0.1) is 0 Å². The normalized spacial score (nSPS) is 16.2. The Hall–Kier alpha value is -4.47. The minimum absolute atomic E-state index is 0.163. The number of carbonyl (C=O) groups is 1. The lowest BCUT2D eigenvalue weighted by atomic mass is 10.0. The Labute approximate surface area is 206 Å². The van der Waals surface area contributed by atoms with Gasteiger partial charge in [-0.05, 0) is 36.6 Å². The molecular weight excluding hydrogens is 458 g/mol. The summed E-state index contributed by atoms with van der Waals surface area (Å²) < 4.78 is 5.11. The van der Waals surface area contributed by atoms with Gasteiger partial charge in [0.1, 0.15) is 0 Å². The zero-order valence-corrected chi connectivity index (χ0v) is 20.0. The van der Waals surface area contributed by atoms with Crippen LogP contribution in [0.25, 0.3) is 44.3 Å². The molecule has 1 N–H and O–H groups in total. The molecule has 1 aliphatic rings.